The van der Waals surface area contributed by atoms with Crippen molar-refractivity contribution in [3.63, 3.8) is 0 Å². The molecule has 4 aliphatic carbocycles. The van der Waals surface area contributed by atoms with E-state index in [1.165, 1.54) is 31.2 Å². The van der Waals surface area contributed by atoms with E-state index in [0.29, 0.717) is 40.8 Å². The summed E-state index contributed by atoms with van der Waals surface area (Å²) in [5, 5.41) is 10.9. The number of Topliss-reactive ketones (excluding diaryl/α,β-unsaturated/α-hetero) is 1. The number of carbonyl (C=O) groups excluding carboxylic acids is 1. The van der Waals surface area contributed by atoms with Crippen molar-refractivity contribution in [3.8, 4) is 11.5 Å². The van der Waals surface area contributed by atoms with Gasteiger partial charge in [0, 0.05) is 18.9 Å². The molecule has 0 aliphatic heterocycles. The number of methoxy groups -OCH3 is 2. The summed E-state index contributed by atoms with van der Waals surface area (Å²) < 4.78 is 11.0. The molecule has 4 fully saturated rings. The first kappa shape index (κ1) is 24.2. The zero-order valence-electron chi connectivity index (χ0n) is 21.6. The van der Waals surface area contributed by atoms with Crippen molar-refractivity contribution < 1.29 is 19.4 Å². The molecular weight excluding hydrogens is 424 g/mol. The zero-order chi connectivity index (χ0) is 24.1. The van der Waals surface area contributed by atoms with Gasteiger partial charge in [-0.3, -0.25) is 4.79 Å². The number of fused-ring (bicyclic) bond motifs is 5. The number of aliphatic hydroxyl groups is 1. The van der Waals surface area contributed by atoms with Crippen LogP contribution in [-0.2, 0) is 11.2 Å². The van der Waals surface area contributed by atoms with Crippen molar-refractivity contribution in [2.45, 2.75) is 90.6 Å². The molecule has 0 saturated heterocycles. The normalized spacial score (nSPS) is 41.4. The lowest BCUT2D eigenvalue weighted by molar-refractivity contribution is -0.156. The van der Waals surface area contributed by atoms with E-state index in [1.807, 2.05) is 6.07 Å². The minimum absolute atomic E-state index is 0.0905. The standard InChI is InChI=1S/C30H44O4/c1-29-12-10-22(31)17-21(29)16-20(7-5-6-19-14-23(33-3)18-24(15-19)34-4)28-25-8-9-27(32)30(25,2)13-11-26(28)29/h14-15,18,20-21,25-28,32H,5-13,16-17H2,1-4H3/t20-,21+,25+,26+,27+,28+,29+,30+/m1/s1. The van der Waals surface area contributed by atoms with Gasteiger partial charge < -0.3 is 14.6 Å². The smallest absolute Gasteiger partial charge is 0.133 e. The van der Waals surface area contributed by atoms with Gasteiger partial charge in [0.05, 0.1) is 20.3 Å². The third-order valence-corrected chi connectivity index (χ3v) is 11.1. The Hall–Kier alpha value is -1.55. The Balaban J connectivity index is 1.37. The van der Waals surface area contributed by atoms with Crippen LogP contribution in [0.3, 0.4) is 0 Å². The van der Waals surface area contributed by atoms with Gasteiger partial charge >= 0.3 is 0 Å². The summed E-state index contributed by atoms with van der Waals surface area (Å²) in [6.07, 6.45) is 11.7. The number of ketones is 1. The first-order valence-electron chi connectivity index (χ1n) is 13.7. The fourth-order valence-corrected chi connectivity index (χ4v) is 9.07. The highest BCUT2D eigenvalue weighted by atomic mass is 16.5. The van der Waals surface area contributed by atoms with E-state index in [9.17, 15) is 9.90 Å². The molecule has 0 radical (unpaired) electrons. The number of aliphatic hydroxyl groups excluding tert-OH is 1. The van der Waals surface area contributed by atoms with Gasteiger partial charge in [-0.1, -0.05) is 13.8 Å². The van der Waals surface area contributed by atoms with Crippen LogP contribution in [0.25, 0.3) is 0 Å². The van der Waals surface area contributed by atoms with Gasteiger partial charge in [0.25, 0.3) is 0 Å². The molecule has 4 aliphatic rings. The summed E-state index contributed by atoms with van der Waals surface area (Å²) in [5.74, 6) is 5.45. The summed E-state index contributed by atoms with van der Waals surface area (Å²) in [7, 11) is 3.42. The fourth-order valence-electron chi connectivity index (χ4n) is 9.07. The second-order valence-electron chi connectivity index (χ2n) is 12.5. The predicted molar refractivity (Wildman–Crippen MR) is 134 cm³/mol. The van der Waals surface area contributed by atoms with E-state index >= 15 is 0 Å². The number of rotatable bonds is 6. The second-order valence-corrected chi connectivity index (χ2v) is 12.5. The Labute approximate surface area is 205 Å². The van der Waals surface area contributed by atoms with Gasteiger partial charge in [0.1, 0.15) is 17.3 Å². The van der Waals surface area contributed by atoms with Crippen molar-refractivity contribution in [2.75, 3.05) is 14.2 Å². The van der Waals surface area contributed by atoms with E-state index in [-0.39, 0.29) is 11.5 Å². The van der Waals surface area contributed by atoms with E-state index in [4.69, 9.17) is 9.47 Å². The van der Waals surface area contributed by atoms with Gasteiger partial charge in [-0.05, 0) is 116 Å². The van der Waals surface area contributed by atoms with Crippen molar-refractivity contribution in [1.82, 2.24) is 0 Å². The van der Waals surface area contributed by atoms with E-state index < -0.39 is 0 Å². The van der Waals surface area contributed by atoms with Crippen LogP contribution >= 0.6 is 0 Å². The number of carbonyl (C=O) groups is 1. The summed E-state index contributed by atoms with van der Waals surface area (Å²) in [4.78, 5) is 12.5. The lowest BCUT2D eigenvalue weighted by Crippen LogP contribution is -2.57. The van der Waals surface area contributed by atoms with Crippen LogP contribution in [0.4, 0.5) is 0 Å². The van der Waals surface area contributed by atoms with Crippen LogP contribution in [-0.4, -0.2) is 31.2 Å². The number of hydrogen-bond acceptors (Lipinski definition) is 4. The molecule has 188 valence electrons. The number of aryl methyl sites for hydroxylation is 1. The van der Waals surface area contributed by atoms with E-state index in [2.05, 4.69) is 26.0 Å². The molecule has 1 aromatic rings. The maximum atomic E-state index is 12.5. The molecule has 4 nitrogen and oxygen atoms in total. The maximum absolute atomic E-state index is 12.5. The highest BCUT2D eigenvalue weighted by Crippen LogP contribution is 2.67. The van der Waals surface area contributed by atoms with Crippen LogP contribution in [0.5, 0.6) is 11.5 Å². The predicted octanol–water partition coefficient (Wildman–Crippen LogP) is 6.23. The first-order valence-corrected chi connectivity index (χ1v) is 13.7. The van der Waals surface area contributed by atoms with Crippen LogP contribution in [0.15, 0.2) is 18.2 Å². The first-order chi connectivity index (χ1) is 16.3. The SMILES string of the molecule is COc1cc(CCC[C@@H]2C[C@H]3CC(=O)CC[C@]3(C)[C@H]3CC[C@]4(C)[C@@H](O)CC[C@H]4[C@H]23)cc(OC)c1. The highest BCUT2D eigenvalue weighted by molar-refractivity contribution is 5.79. The summed E-state index contributed by atoms with van der Waals surface area (Å²) in [5.41, 5.74) is 1.67. The third kappa shape index (κ3) is 3.98. The van der Waals surface area contributed by atoms with Gasteiger partial charge in [0.15, 0.2) is 0 Å². The number of benzene rings is 1. The van der Waals surface area contributed by atoms with Crippen LogP contribution in [0.1, 0.15) is 83.6 Å². The van der Waals surface area contributed by atoms with Gasteiger partial charge in [-0.2, -0.15) is 0 Å². The molecule has 4 heteroatoms. The molecular formula is C30H44O4. The summed E-state index contributed by atoms with van der Waals surface area (Å²) >= 11 is 0. The van der Waals surface area contributed by atoms with Crippen LogP contribution in [0, 0.1) is 40.4 Å². The molecule has 34 heavy (non-hydrogen) atoms. The minimum Gasteiger partial charge on any atom is -0.497 e. The minimum atomic E-state index is -0.137. The molecule has 0 unspecified atom stereocenters. The van der Waals surface area contributed by atoms with E-state index in [1.54, 1.807) is 14.2 Å². The quantitative estimate of drug-likeness (QED) is 0.538. The molecule has 1 N–H and O–H groups in total. The van der Waals surface area contributed by atoms with E-state index in [0.717, 1.165) is 56.4 Å². The van der Waals surface area contributed by atoms with Crippen LogP contribution < -0.4 is 9.47 Å². The number of hydrogen-bond donors (Lipinski definition) is 1. The van der Waals surface area contributed by atoms with Crippen molar-refractivity contribution in [1.29, 1.82) is 0 Å². The Morgan fingerprint density at radius 1 is 0.971 bits per heavy atom. The molecule has 0 aromatic heterocycles. The third-order valence-electron chi connectivity index (χ3n) is 11.1. The fraction of sp³-hybridized carbons (Fsp3) is 0.767. The van der Waals surface area contributed by atoms with Gasteiger partial charge in [-0.15, -0.1) is 0 Å². The van der Waals surface area contributed by atoms with Crippen LogP contribution in [0.2, 0.25) is 0 Å². The van der Waals surface area contributed by atoms with Crippen molar-refractivity contribution >= 4 is 5.78 Å². The molecule has 1 aromatic carbocycles. The molecule has 5 rings (SSSR count). The lowest BCUT2D eigenvalue weighted by Gasteiger charge is -2.62. The monoisotopic (exact) mass is 468 g/mol. The average molecular weight is 469 g/mol. The maximum Gasteiger partial charge on any atom is 0.133 e. The molecule has 0 amide bonds. The largest absolute Gasteiger partial charge is 0.497 e. The lowest BCUT2D eigenvalue weighted by atomic mass is 9.42. The van der Waals surface area contributed by atoms with Gasteiger partial charge in [-0.25, -0.2) is 0 Å². The topological polar surface area (TPSA) is 55.8 Å². The average Bonchev–Trinajstić information content (AvgIpc) is 3.14. The summed E-state index contributed by atoms with van der Waals surface area (Å²) in [6, 6.07) is 6.20. The molecule has 0 bridgehead atoms. The molecule has 8 atom stereocenters. The summed E-state index contributed by atoms with van der Waals surface area (Å²) in [6.45, 7) is 4.90. The molecule has 4 saturated carbocycles. The Morgan fingerprint density at radius 3 is 2.38 bits per heavy atom. The zero-order valence-corrected chi connectivity index (χ0v) is 21.6. The Kier molecular flexibility index (Phi) is 6.50. The van der Waals surface area contributed by atoms with Crippen molar-refractivity contribution in [3.05, 3.63) is 23.8 Å². The Bertz CT molecular complexity index is 889. The second kappa shape index (κ2) is 9.15. The molecule has 0 spiro atoms. The van der Waals surface area contributed by atoms with Crippen molar-refractivity contribution in [2.24, 2.45) is 40.4 Å². The number of ether oxygens (including phenoxy) is 2. The molecule has 0 heterocycles. The highest BCUT2D eigenvalue weighted by Gasteiger charge is 2.62. The Morgan fingerprint density at radius 2 is 1.68 bits per heavy atom. The van der Waals surface area contributed by atoms with Gasteiger partial charge in [0.2, 0.25) is 0 Å².